The molecule has 3 aliphatic carbocycles. The van der Waals surface area contributed by atoms with Gasteiger partial charge in [-0.15, -0.1) is 0 Å². The zero-order chi connectivity index (χ0) is 12.2. The Hall–Kier alpha value is -0.120. The van der Waals surface area contributed by atoms with Crippen molar-refractivity contribution in [3.05, 3.63) is 0 Å². The number of piperazine rings is 1. The van der Waals surface area contributed by atoms with E-state index >= 15 is 0 Å². The van der Waals surface area contributed by atoms with Gasteiger partial charge in [-0.25, -0.2) is 0 Å². The largest absolute Gasteiger partial charge is 0.329 e. The lowest BCUT2D eigenvalue weighted by molar-refractivity contribution is -0.000336. The number of nitrogens with zero attached hydrogens (tertiary/aromatic N) is 2. The van der Waals surface area contributed by atoms with Crippen LogP contribution in [0.4, 0.5) is 0 Å². The third-order valence-corrected chi connectivity index (χ3v) is 6.30. The molecule has 4 fully saturated rings. The number of rotatable bonds is 3. The summed E-state index contributed by atoms with van der Waals surface area (Å²) in [5, 5.41) is 0. The third kappa shape index (κ3) is 1.67. The molecule has 0 radical (unpaired) electrons. The van der Waals surface area contributed by atoms with Crippen LogP contribution in [-0.4, -0.2) is 54.1 Å². The molecule has 3 unspecified atom stereocenters. The maximum atomic E-state index is 6.24. The molecule has 4 rings (SSSR count). The molecule has 0 aromatic carbocycles. The molecule has 1 heterocycles. The number of hydrogen-bond donors (Lipinski definition) is 1. The van der Waals surface area contributed by atoms with E-state index in [1.54, 1.807) is 0 Å². The molecule has 1 saturated heterocycles. The van der Waals surface area contributed by atoms with Gasteiger partial charge in [0.2, 0.25) is 0 Å². The second-order valence-electron chi connectivity index (χ2n) is 7.14. The average Bonchev–Trinajstić information content (AvgIpc) is 3.08. The highest BCUT2D eigenvalue weighted by molar-refractivity contribution is 5.09. The molecule has 3 heteroatoms. The van der Waals surface area contributed by atoms with E-state index in [1.165, 1.54) is 64.7 Å². The first kappa shape index (κ1) is 11.7. The Morgan fingerprint density at radius 2 is 1.78 bits per heavy atom. The fourth-order valence-corrected chi connectivity index (χ4v) is 5.15. The lowest BCUT2D eigenvalue weighted by atomic mass is 9.79. The minimum Gasteiger partial charge on any atom is -0.329 e. The zero-order valence-electron chi connectivity index (χ0n) is 11.5. The highest BCUT2D eigenvalue weighted by Gasteiger charge is 2.53. The summed E-state index contributed by atoms with van der Waals surface area (Å²) in [6, 6.07) is 0.945. The van der Waals surface area contributed by atoms with Crippen molar-refractivity contribution in [1.29, 1.82) is 0 Å². The van der Waals surface area contributed by atoms with Gasteiger partial charge >= 0.3 is 0 Å². The van der Waals surface area contributed by atoms with Gasteiger partial charge in [-0.05, 0) is 43.9 Å². The standard InChI is InChI=1S/C15H27N3/c16-11-15(10-12-1-2-13(15)9-12)18-7-5-17(6-8-18)14-3-4-14/h12-14H,1-11,16H2. The topological polar surface area (TPSA) is 32.5 Å². The van der Waals surface area contributed by atoms with Crippen LogP contribution in [0.5, 0.6) is 0 Å². The molecule has 3 atom stereocenters. The first-order chi connectivity index (χ1) is 8.82. The second-order valence-corrected chi connectivity index (χ2v) is 7.14. The predicted molar refractivity (Wildman–Crippen MR) is 73.4 cm³/mol. The van der Waals surface area contributed by atoms with Crippen LogP contribution < -0.4 is 5.73 Å². The maximum Gasteiger partial charge on any atom is 0.0363 e. The molecule has 4 aliphatic rings. The van der Waals surface area contributed by atoms with Gasteiger partial charge in [0.1, 0.15) is 0 Å². The summed E-state index contributed by atoms with van der Waals surface area (Å²) in [5.41, 5.74) is 6.64. The Bertz CT molecular complexity index is 320. The zero-order valence-corrected chi connectivity index (χ0v) is 11.5. The van der Waals surface area contributed by atoms with Crippen LogP contribution in [-0.2, 0) is 0 Å². The molecular weight excluding hydrogens is 222 g/mol. The van der Waals surface area contributed by atoms with Gasteiger partial charge in [-0.2, -0.15) is 0 Å². The molecule has 2 bridgehead atoms. The first-order valence-corrected chi connectivity index (χ1v) is 8.01. The second kappa shape index (κ2) is 4.19. The molecule has 0 spiro atoms. The fourth-order valence-electron chi connectivity index (χ4n) is 5.15. The maximum absolute atomic E-state index is 6.24. The molecule has 0 aromatic heterocycles. The van der Waals surface area contributed by atoms with Crippen molar-refractivity contribution in [2.24, 2.45) is 17.6 Å². The van der Waals surface area contributed by atoms with E-state index in [0.29, 0.717) is 5.54 Å². The van der Waals surface area contributed by atoms with Gasteiger partial charge in [-0.1, -0.05) is 6.42 Å². The van der Waals surface area contributed by atoms with Crippen LogP contribution in [0.1, 0.15) is 38.5 Å². The molecule has 3 nitrogen and oxygen atoms in total. The van der Waals surface area contributed by atoms with Crippen LogP contribution in [0.25, 0.3) is 0 Å². The summed E-state index contributed by atoms with van der Waals surface area (Å²) < 4.78 is 0. The molecular formula is C15H27N3. The Morgan fingerprint density at radius 3 is 2.28 bits per heavy atom. The summed E-state index contributed by atoms with van der Waals surface area (Å²) in [4.78, 5) is 5.50. The molecule has 0 amide bonds. The predicted octanol–water partition coefficient (Wildman–Crippen LogP) is 1.28. The summed E-state index contributed by atoms with van der Waals surface area (Å²) in [7, 11) is 0. The van der Waals surface area contributed by atoms with Gasteiger partial charge in [0.25, 0.3) is 0 Å². The van der Waals surface area contributed by atoms with E-state index in [-0.39, 0.29) is 0 Å². The smallest absolute Gasteiger partial charge is 0.0363 e. The van der Waals surface area contributed by atoms with Crippen LogP contribution in [0.2, 0.25) is 0 Å². The highest BCUT2D eigenvalue weighted by atomic mass is 15.3. The molecule has 3 saturated carbocycles. The van der Waals surface area contributed by atoms with Crippen molar-refractivity contribution >= 4 is 0 Å². The Labute approximate surface area is 111 Å². The van der Waals surface area contributed by atoms with Crippen molar-refractivity contribution in [2.45, 2.75) is 50.1 Å². The van der Waals surface area contributed by atoms with Gasteiger partial charge in [0.05, 0.1) is 0 Å². The van der Waals surface area contributed by atoms with E-state index in [1.807, 2.05) is 0 Å². The lowest BCUT2D eigenvalue weighted by Crippen LogP contribution is -2.62. The first-order valence-electron chi connectivity index (χ1n) is 8.01. The Morgan fingerprint density at radius 1 is 1.00 bits per heavy atom. The van der Waals surface area contributed by atoms with Crippen molar-refractivity contribution < 1.29 is 0 Å². The van der Waals surface area contributed by atoms with Crippen molar-refractivity contribution in [3.8, 4) is 0 Å². The fraction of sp³-hybridized carbons (Fsp3) is 1.00. The molecule has 1 aliphatic heterocycles. The summed E-state index contributed by atoms with van der Waals surface area (Å²) in [6.45, 7) is 6.04. The molecule has 102 valence electrons. The van der Waals surface area contributed by atoms with Gasteiger partial charge < -0.3 is 5.73 Å². The lowest BCUT2D eigenvalue weighted by Gasteiger charge is -2.50. The van der Waals surface area contributed by atoms with Crippen molar-refractivity contribution in [2.75, 3.05) is 32.7 Å². The number of hydrogen-bond acceptors (Lipinski definition) is 3. The van der Waals surface area contributed by atoms with E-state index in [0.717, 1.165) is 24.4 Å². The summed E-state index contributed by atoms with van der Waals surface area (Å²) >= 11 is 0. The Kier molecular flexibility index (Phi) is 2.72. The van der Waals surface area contributed by atoms with Crippen molar-refractivity contribution in [3.63, 3.8) is 0 Å². The molecule has 0 aromatic rings. The van der Waals surface area contributed by atoms with E-state index < -0.39 is 0 Å². The quantitative estimate of drug-likeness (QED) is 0.818. The van der Waals surface area contributed by atoms with E-state index in [4.69, 9.17) is 5.73 Å². The summed E-state index contributed by atoms with van der Waals surface area (Å²) in [6.07, 6.45) is 8.70. The van der Waals surface area contributed by atoms with Crippen LogP contribution in [0.3, 0.4) is 0 Å². The number of nitrogens with two attached hydrogens (primary N) is 1. The van der Waals surface area contributed by atoms with Gasteiger partial charge in [-0.3, -0.25) is 9.80 Å². The SMILES string of the molecule is NCC1(N2CCN(C3CC3)CC2)CC2CCC1C2. The molecule has 18 heavy (non-hydrogen) atoms. The third-order valence-electron chi connectivity index (χ3n) is 6.30. The van der Waals surface area contributed by atoms with Gasteiger partial charge in [0.15, 0.2) is 0 Å². The highest BCUT2D eigenvalue weighted by Crippen LogP contribution is 2.53. The van der Waals surface area contributed by atoms with Crippen molar-refractivity contribution in [1.82, 2.24) is 9.80 Å². The number of fused-ring (bicyclic) bond motifs is 2. The van der Waals surface area contributed by atoms with Crippen LogP contribution in [0.15, 0.2) is 0 Å². The van der Waals surface area contributed by atoms with E-state index in [9.17, 15) is 0 Å². The molecule has 2 N–H and O–H groups in total. The Balaban J connectivity index is 1.45. The minimum atomic E-state index is 0.401. The minimum absolute atomic E-state index is 0.401. The van der Waals surface area contributed by atoms with Crippen LogP contribution in [0, 0.1) is 11.8 Å². The average molecular weight is 249 g/mol. The monoisotopic (exact) mass is 249 g/mol. The van der Waals surface area contributed by atoms with Crippen LogP contribution >= 0.6 is 0 Å². The normalized spacial score (nSPS) is 45.8. The van der Waals surface area contributed by atoms with E-state index in [2.05, 4.69) is 9.80 Å². The van der Waals surface area contributed by atoms with Gasteiger partial charge in [0, 0.05) is 44.3 Å². The summed E-state index contributed by atoms with van der Waals surface area (Å²) in [5.74, 6) is 1.92.